The van der Waals surface area contributed by atoms with Gasteiger partial charge in [0.25, 0.3) is 0 Å². The zero-order valence-electron chi connectivity index (χ0n) is 14.4. The molecule has 2 N–H and O–H groups in total. The van der Waals surface area contributed by atoms with Crippen LogP contribution in [0.3, 0.4) is 0 Å². The van der Waals surface area contributed by atoms with Crippen molar-refractivity contribution >= 4 is 35.0 Å². The second kappa shape index (κ2) is 9.30. The van der Waals surface area contributed by atoms with E-state index in [-0.39, 0.29) is 24.7 Å². The first-order valence-electron chi connectivity index (χ1n) is 7.75. The normalized spacial score (nSPS) is 10.7. The molecular weight excluding hydrogens is 360 g/mol. The second-order valence-corrected chi connectivity index (χ2v) is 6.44. The fraction of sp³-hybridized carbons (Fsp3) is 0.222. The van der Waals surface area contributed by atoms with Gasteiger partial charge in [-0.25, -0.2) is 8.78 Å². The van der Waals surface area contributed by atoms with Crippen LogP contribution in [0.15, 0.2) is 47.4 Å². The molecule has 0 saturated carbocycles. The first kappa shape index (κ1) is 19.9. The molecule has 138 valence electrons. The Morgan fingerprint density at radius 3 is 2.23 bits per heavy atom. The number of rotatable bonds is 7. The molecule has 2 aromatic carbocycles. The van der Waals surface area contributed by atoms with Crippen LogP contribution < -0.4 is 10.6 Å². The number of hydrogen-bond donors (Lipinski definition) is 2. The van der Waals surface area contributed by atoms with Gasteiger partial charge in [0.05, 0.1) is 24.5 Å². The number of carbonyl (C=O) groups excluding carboxylic acids is 2. The van der Waals surface area contributed by atoms with E-state index in [1.807, 2.05) is 24.5 Å². The van der Waals surface area contributed by atoms with Gasteiger partial charge in [-0.2, -0.15) is 0 Å². The molecule has 0 heterocycles. The van der Waals surface area contributed by atoms with Crippen molar-refractivity contribution in [1.29, 1.82) is 0 Å². The molecule has 0 fully saturated rings. The van der Waals surface area contributed by atoms with Gasteiger partial charge in [0.2, 0.25) is 11.8 Å². The molecule has 0 unspecified atom stereocenters. The summed E-state index contributed by atoms with van der Waals surface area (Å²) in [6.07, 6.45) is 1.91. The van der Waals surface area contributed by atoms with Crippen LogP contribution in [-0.4, -0.2) is 43.1 Å². The predicted octanol–water partition coefficient (Wildman–Crippen LogP) is 3.20. The van der Waals surface area contributed by atoms with Crippen molar-refractivity contribution in [2.45, 2.75) is 4.90 Å². The Bertz CT molecular complexity index is 802. The minimum Gasteiger partial charge on any atom is -0.324 e. The molecule has 2 rings (SSSR count). The zero-order chi connectivity index (χ0) is 19.1. The fourth-order valence-electron chi connectivity index (χ4n) is 2.26. The number of likely N-dealkylation sites (N-methyl/N-ethyl adjacent to an activating group) is 1. The summed E-state index contributed by atoms with van der Waals surface area (Å²) in [6, 6.07) is 10.3. The van der Waals surface area contributed by atoms with E-state index in [2.05, 4.69) is 10.6 Å². The summed E-state index contributed by atoms with van der Waals surface area (Å²) < 4.78 is 26.4. The molecular formula is C18H19F2N3O2S. The molecule has 2 amide bonds. The van der Waals surface area contributed by atoms with Gasteiger partial charge in [-0.1, -0.05) is 12.1 Å². The summed E-state index contributed by atoms with van der Waals surface area (Å²) >= 11 is 1.52. The molecule has 26 heavy (non-hydrogen) atoms. The average molecular weight is 379 g/mol. The Morgan fingerprint density at radius 1 is 1.00 bits per heavy atom. The molecule has 8 heteroatoms. The standard InChI is InChI=1S/C18H19F2N3O2S/c1-23(10-17(24)21-14-8-7-12(19)9-13(14)20)11-18(25)22-15-5-3-4-6-16(15)26-2/h3-9H,10-11H2,1-2H3,(H,21,24)(H,22,25). The molecule has 0 saturated heterocycles. The topological polar surface area (TPSA) is 61.4 Å². The van der Waals surface area contributed by atoms with Crippen molar-refractivity contribution in [3.8, 4) is 0 Å². The van der Waals surface area contributed by atoms with Crippen molar-refractivity contribution in [2.24, 2.45) is 0 Å². The highest BCUT2D eigenvalue weighted by atomic mass is 32.2. The monoisotopic (exact) mass is 379 g/mol. The van der Waals surface area contributed by atoms with Gasteiger partial charge >= 0.3 is 0 Å². The Kier molecular flexibility index (Phi) is 7.11. The van der Waals surface area contributed by atoms with E-state index in [0.717, 1.165) is 17.0 Å². The lowest BCUT2D eigenvalue weighted by Crippen LogP contribution is -2.36. The number of nitrogens with one attached hydrogen (secondary N) is 2. The zero-order valence-corrected chi connectivity index (χ0v) is 15.2. The molecule has 0 bridgehead atoms. The molecule has 0 spiro atoms. The van der Waals surface area contributed by atoms with Crippen molar-refractivity contribution < 1.29 is 18.4 Å². The molecule has 0 aliphatic rings. The van der Waals surface area contributed by atoms with Crippen LogP contribution in [0.5, 0.6) is 0 Å². The first-order chi connectivity index (χ1) is 12.4. The minimum absolute atomic E-state index is 0.0119. The van der Waals surface area contributed by atoms with E-state index in [1.54, 1.807) is 13.1 Å². The van der Waals surface area contributed by atoms with E-state index >= 15 is 0 Å². The average Bonchev–Trinajstić information content (AvgIpc) is 2.57. The number of thioether (sulfide) groups is 1. The van der Waals surface area contributed by atoms with Gasteiger partial charge in [0, 0.05) is 11.0 Å². The summed E-state index contributed by atoms with van der Waals surface area (Å²) in [5, 5.41) is 5.15. The fourth-order valence-corrected chi connectivity index (χ4v) is 2.82. The third-order valence-electron chi connectivity index (χ3n) is 3.41. The van der Waals surface area contributed by atoms with E-state index in [9.17, 15) is 18.4 Å². The lowest BCUT2D eigenvalue weighted by Gasteiger charge is -2.17. The molecule has 0 aliphatic carbocycles. The Hall–Kier alpha value is -2.45. The summed E-state index contributed by atoms with van der Waals surface area (Å²) in [5.41, 5.74) is 0.597. The maximum atomic E-state index is 13.5. The van der Waals surface area contributed by atoms with Gasteiger partial charge in [0.1, 0.15) is 11.6 Å². The molecule has 0 atom stereocenters. The van der Waals surface area contributed by atoms with Crippen LogP contribution in [0.25, 0.3) is 0 Å². The molecule has 2 aromatic rings. The minimum atomic E-state index is -0.854. The number of anilines is 2. The van der Waals surface area contributed by atoms with E-state index < -0.39 is 17.5 Å². The maximum absolute atomic E-state index is 13.5. The lowest BCUT2D eigenvalue weighted by atomic mass is 10.3. The highest BCUT2D eigenvalue weighted by molar-refractivity contribution is 7.98. The van der Waals surface area contributed by atoms with E-state index in [0.29, 0.717) is 11.8 Å². The van der Waals surface area contributed by atoms with Crippen LogP contribution in [0.4, 0.5) is 20.2 Å². The number of halogens is 2. The lowest BCUT2D eigenvalue weighted by molar-refractivity contribution is -0.119. The second-order valence-electron chi connectivity index (χ2n) is 5.59. The molecule has 0 aromatic heterocycles. The quantitative estimate of drug-likeness (QED) is 0.726. The predicted molar refractivity (Wildman–Crippen MR) is 99.3 cm³/mol. The Balaban J connectivity index is 1.86. The smallest absolute Gasteiger partial charge is 0.238 e. The first-order valence-corrected chi connectivity index (χ1v) is 8.98. The number of hydrogen-bond acceptors (Lipinski definition) is 4. The summed E-state index contributed by atoms with van der Waals surface area (Å²) in [7, 11) is 1.60. The van der Waals surface area contributed by atoms with Crippen molar-refractivity contribution in [2.75, 3.05) is 37.0 Å². The third kappa shape index (κ3) is 5.82. The molecule has 0 radical (unpaired) electrons. The van der Waals surface area contributed by atoms with Gasteiger partial charge in [-0.05, 0) is 37.6 Å². The number of carbonyl (C=O) groups is 2. The van der Waals surface area contributed by atoms with Gasteiger partial charge in [0.15, 0.2) is 0 Å². The van der Waals surface area contributed by atoms with Crippen LogP contribution in [0, 0.1) is 11.6 Å². The number of para-hydroxylation sites is 1. The van der Waals surface area contributed by atoms with Gasteiger partial charge < -0.3 is 10.6 Å². The van der Waals surface area contributed by atoms with E-state index in [4.69, 9.17) is 0 Å². The molecule has 5 nitrogen and oxygen atoms in total. The summed E-state index contributed by atoms with van der Waals surface area (Å²) in [5.74, 6) is -2.35. The third-order valence-corrected chi connectivity index (χ3v) is 4.21. The number of amides is 2. The number of benzene rings is 2. The van der Waals surface area contributed by atoms with Crippen molar-refractivity contribution in [3.05, 3.63) is 54.1 Å². The molecule has 0 aliphatic heterocycles. The van der Waals surface area contributed by atoms with Crippen LogP contribution in [-0.2, 0) is 9.59 Å². The Morgan fingerprint density at radius 2 is 1.62 bits per heavy atom. The number of nitrogens with zero attached hydrogens (tertiary/aromatic N) is 1. The highest BCUT2D eigenvalue weighted by Gasteiger charge is 2.14. The Labute approximate surface area is 154 Å². The van der Waals surface area contributed by atoms with Crippen molar-refractivity contribution in [3.63, 3.8) is 0 Å². The SMILES string of the molecule is CSc1ccccc1NC(=O)CN(C)CC(=O)Nc1ccc(F)cc1F. The van der Waals surface area contributed by atoms with E-state index in [1.165, 1.54) is 16.7 Å². The van der Waals surface area contributed by atoms with Gasteiger partial charge in [-0.3, -0.25) is 14.5 Å². The van der Waals surface area contributed by atoms with Crippen LogP contribution in [0.2, 0.25) is 0 Å². The van der Waals surface area contributed by atoms with Crippen molar-refractivity contribution in [1.82, 2.24) is 4.90 Å². The van der Waals surface area contributed by atoms with Gasteiger partial charge in [-0.15, -0.1) is 11.8 Å². The summed E-state index contributed by atoms with van der Waals surface area (Å²) in [4.78, 5) is 26.5. The van der Waals surface area contributed by atoms with Crippen LogP contribution >= 0.6 is 11.8 Å². The van der Waals surface area contributed by atoms with Crippen LogP contribution in [0.1, 0.15) is 0 Å². The summed E-state index contributed by atoms with van der Waals surface area (Å²) in [6.45, 7) is -0.129. The maximum Gasteiger partial charge on any atom is 0.238 e. The largest absolute Gasteiger partial charge is 0.324 e. The highest BCUT2D eigenvalue weighted by Crippen LogP contribution is 2.24.